The highest BCUT2D eigenvalue weighted by atomic mass is 33.1. The van der Waals surface area contributed by atoms with Gasteiger partial charge in [-0.2, -0.15) is 0 Å². The van der Waals surface area contributed by atoms with E-state index in [1.54, 1.807) is 18.2 Å². The van der Waals surface area contributed by atoms with E-state index in [4.69, 9.17) is 0 Å². The maximum Gasteiger partial charge on any atom is 0.142 e. The Kier molecular flexibility index (Phi) is 12.4. The van der Waals surface area contributed by atoms with E-state index in [1.807, 2.05) is 30.3 Å². The predicted octanol–water partition coefficient (Wildman–Crippen LogP) is 3.65. The third-order valence-electron chi connectivity index (χ3n) is 1.74. The smallest absolute Gasteiger partial charge is 0.142 e. The molecule has 1 aromatic rings. The maximum atomic E-state index is 10.8. The number of benzene rings is 1. The number of carbonyl (C=O) groups excluding carboxylic acids is 1. The van der Waals surface area contributed by atoms with Crippen LogP contribution >= 0.6 is 10.8 Å². The number of carbonyl (C=O) groups is 1. The highest BCUT2D eigenvalue weighted by molar-refractivity contribution is 8.72. The monoisotopic (exact) mass is 294 g/mol. The lowest BCUT2D eigenvalue weighted by Crippen LogP contribution is -1.97. The van der Waals surface area contributed by atoms with Gasteiger partial charge in [-0.3, -0.25) is 4.79 Å². The van der Waals surface area contributed by atoms with Gasteiger partial charge in [-0.1, -0.05) is 49.1 Å². The fraction of sp³-hybridized carbons (Fsp3) is 0.133. The molecule has 0 radical (unpaired) electrons. The van der Waals surface area contributed by atoms with Crippen molar-refractivity contribution in [1.82, 2.24) is 0 Å². The van der Waals surface area contributed by atoms with Crippen LogP contribution in [0.15, 0.2) is 61.7 Å². The van der Waals surface area contributed by atoms with Crippen molar-refractivity contribution in [3.8, 4) is 0 Å². The molecule has 0 aliphatic heterocycles. The van der Waals surface area contributed by atoms with E-state index in [0.717, 1.165) is 17.6 Å². The summed E-state index contributed by atoms with van der Waals surface area (Å²) in [5, 5.41) is 0. The van der Waals surface area contributed by atoms with Crippen LogP contribution in [0.5, 0.6) is 0 Å². The zero-order valence-corrected chi connectivity index (χ0v) is 12.4. The Morgan fingerprint density at radius 2 is 1.89 bits per heavy atom. The first-order valence-electron chi connectivity index (χ1n) is 5.65. The molecule has 1 unspecified atom stereocenters. The standard InChI is InChI=1S/C9H8O.C6H10OS2/c10-8-4-7-9-5-2-1-3-6-9;1-3-5-8-9(7)6-4-2/h1-8H;3-4H,1-2,5-6H2/b7-4-;. The summed E-state index contributed by atoms with van der Waals surface area (Å²) in [7, 11) is 0.591. The number of hydrogen-bond donors (Lipinski definition) is 0. The lowest BCUT2D eigenvalue weighted by Gasteiger charge is -2.02. The molecule has 0 saturated carbocycles. The van der Waals surface area contributed by atoms with Crippen molar-refractivity contribution in [3.05, 3.63) is 67.3 Å². The van der Waals surface area contributed by atoms with Crippen LogP contribution in [0.25, 0.3) is 6.08 Å². The van der Waals surface area contributed by atoms with Crippen LogP contribution in [0.4, 0.5) is 0 Å². The van der Waals surface area contributed by atoms with Crippen molar-refractivity contribution in [2.24, 2.45) is 0 Å². The fourth-order valence-corrected chi connectivity index (χ4v) is 2.84. The van der Waals surface area contributed by atoms with E-state index >= 15 is 0 Å². The molecule has 0 N–H and O–H groups in total. The molecule has 0 amide bonds. The Bertz CT molecular complexity index is 388. The van der Waals surface area contributed by atoms with Crippen LogP contribution in [-0.4, -0.2) is 22.3 Å². The van der Waals surface area contributed by atoms with Crippen molar-refractivity contribution in [3.63, 3.8) is 0 Å². The molecule has 0 spiro atoms. The Balaban J connectivity index is 0.000000344. The van der Waals surface area contributed by atoms with Crippen molar-refractivity contribution in [2.45, 2.75) is 0 Å². The second kappa shape index (κ2) is 13.2. The Labute approximate surface area is 121 Å². The number of hydrogen-bond acceptors (Lipinski definition) is 3. The molecule has 2 nitrogen and oxygen atoms in total. The molecule has 102 valence electrons. The van der Waals surface area contributed by atoms with Crippen molar-refractivity contribution in [2.75, 3.05) is 11.5 Å². The normalized spacial score (nSPS) is 11.2. The van der Waals surface area contributed by atoms with Crippen molar-refractivity contribution >= 4 is 33.4 Å². The van der Waals surface area contributed by atoms with E-state index in [-0.39, 0.29) is 0 Å². The van der Waals surface area contributed by atoms with Gasteiger partial charge in [0.25, 0.3) is 0 Å². The van der Waals surface area contributed by atoms with Gasteiger partial charge in [-0.05, 0) is 17.7 Å². The second-order valence-corrected chi connectivity index (χ2v) is 6.57. The molecule has 1 rings (SSSR count). The molecule has 0 fully saturated rings. The van der Waals surface area contributed by atoms with Crippen LogP contribution in [0.1, 0.15) is 5.56 Å². The highest BCUT2D eigenvalue weighted by Gasteiger charge is 2.01. The van der Waals surface area contributed by atoms with Crippen LogP contribution in [0.3, 0.4) is 0 Å². The summed E-state index contributed by atoms with van der Waals surface area (Å²) < 4.78 is 10.8. The molecular weight excluding hydrogens is 276 g/mol. The Morgan fingerprint density at radius 1 is 1.21 bits per heavy atom. The zero-order valence-electron chi connectivity index (χ0n) is 10.7. The van der Waals surface area contributed by atoms with Crippen molar-refractivity contribution < 1.29 is 9.35 Å². The topological polar surface area (TPSA) is 40.1 Å². The van der Waals surface area contributed by atoms with E-state index in [1.165, 1.54) is 16.9 Å². The quantitative estimate of drug-likeness (QED) is 0.253. The lowest BCUT2D eigenvalue weighted by atomic mass is 10.2. The first-order valence-corrected chi connectivity index (χ1v) is 8.47. The molecule has 0 aliphatic carbocycles. The minimum absolute atomic E-state index is 0.568. The molecule has 0 saturated heterocycles. The molecule has 19 heavy (non-hydrogen) atoms. The van der Waals surface area contributed by atoms with Gasteiger partial charge in [0, 0.05) is 10.2 Å². The van der Waals surface area contributed by atoms with Gasteiger partial charge >= 0.3 is 0 Å². The van der Waals surface area contributed by atoms with E-state index < -0.39 is 10.2 Å². The van der Waals surface area contributed by atoms with Crippen LogP contribution in [-0.2, 0) is 15.0 Å². The number of rotatable bonds is 7. The Morgan fingerprint density at radius 3 is 2.42 bits per heavy atom. The number of allylic oxidation sites excluding steroid dienone is 1. The summed E-state index contributed by atoms with van der Waals surface area (Å²) in [5.74, 6) is 1.32. The van der Waals surface area contributed by atoms with Gasteiger partial charge in [0.1, 0.15) is 12.0 Å². The van der Waals surface area contributed by atoms with Gasteiger partial charge in [-0.15, -0.1) is 6.58 Å². The van der Waals surface area contributed by atoms with Crippen LogP contribution in [0, 0.1) is 0 Å². The summed E-state index contributed by atoms with van der Waals surface area (Å²) in [6.07, 6.45) is 7.42. The third kappa shape index (κ3) is 11.6. The zero-order chi connectivity index (χ0) is 14.3. The first kappa shape index (κ1) is 17.8. The molecule has 0 aromatic heterocycles. The van der Waals surface area contributed by atoms with Gasteiger partial charge in [0.2, 0.25) is 0 Å². The van der Waals surface area contributed by atoms with Crippen LogP contribution in [0.2, 0.25) is 0 Å². The van der Waals surface area contributed by atoms with Gasteiger partial charge < -0.3 is 4.55 Å². The Hall–Kier alpha value is -1.23. The summed E-state index contributed by atoms with van der Waals surface area (Å²) in [6, 6.07) is 9.70. The van der Waals surface area contributed by atoms with Gasteiger partial charge in [0.05, 0.1) is 16.5 Å². The van der Waals surface area contributed by atoms with E-state index in [0.29, 0.717) is 5.75 Å². The molecule has 0 aliphatic rings. The maximum absolute atomic E-state index is 10.8. The highest BCUT2D eigenvalue weighted by Crippen LogP contribution is 2.12. The minimum atomic E-state index is -0.793. The minimum Gasteiger partial charge on any atom is -0.605 e. The fourth-order valence-electron chi connectivity index (χ4n) is 0.983. The molecule has 1 atom stereocenters. The summed E-state index contributed by atoms with van der Waals surface area (Å²) in [4.78, 5) is 9.89. The summed E-state index contributed by atoms with van der Waals surface area (Å²) >= 11 is 0. The van der Waals surface area contributed by atoms with Crippen molar-refractivity contribution in [1.29, 1.82) is 0 Å². The third-order valence-corrected chi connectivity index (χ3v) is 4.49. The average Bonchev–Trinajstić information content (AvgIpc) is 2.45. The van der Waals surface area contributed by atoms with E-state index in [2.05, 4.69) is 13.2 Å². The second-order valence-electron chi connectivity index (χ2n) is 3.24. The molecular formula is C15H18O2S2. The molecule has 0 bridgehead atoms. The van der Waals surface area contributed by atoms with Crippen LogP contribution < -0.4 is 0 Å². The first-order chi connectivity index (χ1) is 9.24. The largest absolute Gasteiger partial charge is 0.605 e. The SMILES string of the molecule is C=CCS[S+]([O-])CC=C.O=C/C=C\c1ccccc1. The van der Waals surface area contributed by atoms with Gasteiger partial charge in [-0.25, -0.2) is 0 Å². The average molecular weight is 294 g/mol. The lowest BCUT2D eigenvalue weighted by molar-refractivity contribution is -0.104. The summed E-state index contributed by atoms with van der Waals surface area (Å²) in [5.41, 5.74) is 1.05. The number of aldehydes is 1. The molecule has 4 heteroatoms. The predicted molar refractivity (Wildman–Crippen MR) is 87.4 cm³/mol. The van der Waals surface area contributed by atoms with E-state index in [9.17, 15) is 9.35 Å². The molecule has 1 aromatic carbocycles. The summed E-state index contributed by atoms with van der Waals surface area (Å²) in [6.45, 7) is 6.99. The van der Waals surface area contributed by atoms with Gasteiger partial charge in [0.15, 0.2) is 0 Å². The molecule has 0 heterocycles.